The molecule has 0 aromatic heterocycles. The molecule has 2 saturated carbocycles. The van der Waals surface area contributed by atoms with Crippen molar-refractivity contribution in [2.45, 2.75) is 95.8 Å². The summed E-state index contributed by atoms with van der Waals surface area (Å²) in [6, 6.07) is 6.96. The molecule has 6 aliphatic rings. The van der Waals surface area contributed by atoms with Crippen molar-refractivity contribution < 1.29 is 79.5 Å². The van der Waals surface area contributed by atoms with E-state index in [0.717, 1.165) is 12.8 Å². The minimum atomic E-state index is -2.89. The number of nitrogens with zero attached hydrogens (tertiary/aromatic N) is 2. The van der Waals surface area contributed by atoms with Crippen molar-refractivity contribution in [3.63, 3.8) is 0 Å². The fourth-order valence-electron chi connectivity index (χ4n) is 11.6. The Balaban J connectivity index is 0.000000255. The number of hydrogen-bond donors (Lipinski definition) is 11. The van der Waals surface area contributed by atoms with E-state index in [1.807, 2.05) is 6.92 Å². The summed E-state index contributed by atoms with van der Waals surface area (Å²) in [4.78, 5) is 80.5. The van der Waals surface area contributed by atoms with Crippen LogP contribution in [0.15, 0.2) is 70.2 Å². The smallest absolute Gasteiger partial charge is 0.255 e. The quantitative estimate of drug-likeness (QED) is 0.133. The fourth-order valence-corrected chi connectivity index (χ4v) is 11.6. The molecule has 0 heterocycles. The van der Waals surface area contributed by atoms with Crippen LogP contribution in [-0.2, 0) is 28.8 Å². The number of hydrogen-bond acceptors (Lipinski definition) is 18. The molecule has 8 rings (SSSR count). The van der Waals surface area contributed by atoms with E-state index in [0.29, 0.717) is 23.5 Å². The van der Waals surface area contributed by atoms with Crippen molar-refractivity contribution in [3.8, 4) is 11.5 Å². The lowest BCUT2D eigenvalue weighted by atomic mass is 9.54. The summed E-state index contributed by atoms with van der Waals surface area (Å²) in [5, 5.41) is 101. The van der Waals surface area contributed by atoms with Crippen molar-refractivity contribution in [2.24, 2.45) is 35.1 Å². The summed E-state index contributed by atoms with van der Waals surface area (Å²) in [5.74, 6) is -16.6. The number of carbonyl (C=O) groups excluding carboxylic acids is 6. The SMILES string of the molecule is C.C.CCCCOc1cccc2c1C(O)=C1C(=O)[C@]3(O)C(O)=C(C(N)=O)C(=O)[C@@H](N(C)C)[C@@H]3[C@@H](O)[C@@H]1[C@H]2C.C[C@H]1c2cccc(O)c2C(O)=C2C(=O)[C@]3(O)C(O)=C(C(N)=O)C(=O)[C@@H](N(C)C)[C@@H]3[C@@H](O)[C@@H]21. The van der Waals surface area contributed by atoms with E-state index in [1.165, 1.54) is 44.1 Å². The number of aliphatic hydroxyl groups is 8. The van der Waals surface area contributed by atoms with Crippen LogP contribution >= 0.6 is 0 Å². The average Bonchev–Trinajstić information content (AvgIpc) is 3.26. The molecule has 0 spiro atoms. The molecule has 6 aliphatic carbocycles. The van der Waals surface area contributed by atoms with Crippen LogP contribution in [0.1, 0.15) is 82.6 Å². The molecule has 0 bridgehead atoms. The van der Waals surface area contributed by atoms with Crippen molar-refractivity contribution in [2.75, 3.05) is 34.8 Å². The second-order valence-electron chi connectivity index (χ2n) is 18.8. The molecule has 0 aliphatic heterocycles. The molecule has 0 radical (unpaired) electrons. The normalized spacial score (nSPS) is 32.1. The van der Waals surface area contributed by atoms with Gasteiger partial charge in [0, 0.05) is 23.0 Å². The number of amides is 2. The van der Waals surface area contributed by atoms with Gasteiger partial charge in [-0.1, -0.05) is 66.3 Å². The number of Topliss-reactive ketones (excluding diaryl/α,β-unsaturated/α-hetero) is 4. The molecule has 2 amide bonds. The topological polar surface area (TPSA) is 352 Å². The second-order valence-corrected chi connectivity index (χ2v) is 18.8. The molecule has 2 aromatic rings. The van der Waals surface area contributed by atoms with E-state index < -0.39 is 146 Å². The van der Waals surface area contributed by atoms with Crippen molar-refractivity contribution in [1.82, 2.24) is 9.80 Å². The number of phenols is 1. The van der Waals surface area contributed by atoms with Crippen LogP contribution in [0.3, 0.4) is 0 Å². The number of fused-ring (bicyclic) bond motifs is 6. The van der Waals surface area contributed by atoms with E-state index in [-0.39, 0.29) is 37.3 Å². The van der Waals surface area contributed by atoms with Gasteiger partial charge in [0.05, 0.1) is 53.9 Å². The zero-order valence-electron chi connectivity index (χ0n) is 38.3. The first-order valence-electron chi connectivity index (χ1n) is 22.0. The number of unbranched alkanes of at least 4 members (excludes halogenated alkanes) is 1. The summed E-state index contributed by atoms with van der Waals surface area (Å²) in [5.41, 5.74) is 3.65. The number of benzene rings is 2. The van der Waals surface area contributed by atoms with Crippen molar-refractivity contribution in [1.29, 1.82) is 0 Å². The van der Waals surface area contributed by atoms with Crippen LogP contribution in [0.4, 0.5) is 0 Å². The third-order valence-corrected chi connectivity index (χ3v) is 14.7. The number of ketones is 4. The minimum absolute atomic E-state index is 0. The first-order valence-corrected chi connectivity index (χ1v) is 22.0. The first-order chi connectivity index (χ1) is 31.8. The Kier molecular flexibility index (Phi) is 14.8. The predicted molar refractivity (Wildman–Crippen MR) is 253 cm³/mol. The number of aliphatic hydroxyl groups excluding tert-OH is 6. The molecule has 20 heteroatoms. The Labute approximate surface area is 404 Å². The van der Waals surface area contributed by atoms with Gasteiger partial charge in [-0.3, -0.25) is 38.6 Å². The lowest BCUT2D eigenvalue weighted by Gasteiger charge is -2.53. The Morgan fingerprint density at radius 2 is 1.04 bits per heavy atom. The highest BCUT2D eigenvalue weighted by atomic mass is 16.5. The van der Waals surface area contributed by atoms with Gasteiger partial charge >= 0.3 is 0 Å². The van der Waals surface area contributed by atoms with Gasteiger partial charge in [-0.25, -0.2) is 0 Å². The zero-order chi connectivity index (χ0) is 50.5. The first kappa shape index (κ1) is 54.5. The maximum Gasteiger partial charge on any atom is 0.255 e. The van der Waals surface area contributed by atoms with Crippen LogP contribution in [0.5, 0.6) is 11.5 Å². The maximum atomic E-state index is 14.0. The Hall–Kier alpha value is -6.42. The molecular formula is C50H64N4O16. The largest absolute Gasteiger partial charge is 0.508 e. The predicted octanol–water partition coefficient (Wildman–Crippen LogP) is 1.74. The number of likely N-dealkylation sites (N-methyl/N-ethyl adjacent to an activating group) is 2. The number of primary amides is 2. The maximum absolute atomic E-state index is 14.0. The monoisotopic (exact) mass is 976 g/mol. The summed E-state index contributed by atoms with van der Waals surface area (Å²) < 4.78 is 5.87. The Bertz CT molecular complexity index is 2700. The molecule has 380 valence electrons. The highest BCUT2D eigenvalue weighted by molar-refractivity contribution is 6.26. The molecule has 0 unspecified atom stereocenters. The minimum Gasteiger partial charge on any atom is -0.508 e. The number of carbonyl (C=O) groups is 6. The number of aromatic hydroxyl groups is 1. The van der Waals surface area contributed by atoms with Gasteiger partial charge in [0.15, 0.2) is 22.8 Å². The number of ether oxygens (including phenoxy) is 1. The van der Waals surface area contributed by atoms with E-state index in [1.54, 1.807) is 44.2 Å². The molecule has 12 atom stereocenters. The van der Waals surface area contributed by atoms with Crippen LogP contribution in [0.2, 0.25) is 0 Å². The van der Waals surface area contributed by atoms with Gasteiger partial charge < -0.3 is 62.2 Å². The fraction of sp³-hybridized carbons (Fsp3) is 0.480. The third-order valence-electron chi connectivity index (χ3n) is 14.7. The van der Waals surface area contributed by atoms with Gasteiger partial charge in [0.2, 0.25) is 11.6 Å². The molecule has 13 N–H and O–H groups in total. The molecular weight excluding hydrogens is 913 g/mol. The number of rotatable bonds is 8. The van der Waals surface area contributed by atoms with Gasteiger partial charge in [0.1, 0.15) is 45.7 Å². The summed E-state index contributed by atoms with van der Waals surface area (Å²) in [6.07, 6.45) is -1.48. The lowest BCUT2D eigenvalue weighted by Crippen LogP contribution is -2.70. The van der Waals surface area contributed by atoms with E-state index >= 15 is 0 Å². The molecule has 0 saturated heterocycles. The third kappa shape index (κ3) is 7.41. The standard InChI is InChI=1S/C26H32N2O8.C22H24N2O8.2CH4/c1-5-6-10-36-13-9-7-8-12-11(2)14-16(20(29)15(12)13)23(32)26(35)18(21(14)30)19(28(3)4)22(31)17(24(26)33)25(27)34;1-7-8-5-4-6-9(25)11(8)16(26)12-10(7)17(27)14-15(24(2)3)18(28)13(21(23)31)20(30)22(14,32)19(12)29;;/h7-9,11,14,18-19,21,29-30,33,35H,5-6,10H2,1-4H3,(H2,27,34);4-7,10,14-15,17,25-27,30,32H,1-3H3,(H2,23,31);2*1H4/t11-,14+,18+,19-,21-,26-;7-,10+,14+,15-,17-,22-;;/m00../s1. The van der Waals surface area contributed by atoms with Crippen LogP contribution in [0, 0.1) is 23.7 Å². The molecule has 20 nitrogen and oxygen atoms in total. The summed E-state index contributed by atoms with van der Waals surface area (Å²) in [6.45, 7) is 5.84. The van der Waals surface area contributed by atoms with E-state index in [9.17, 15) is 74.7 Å². The van der Waals surface area contributed by atoms with Gasteiger partial charge in [-0.15, -0.1) is 0 Å². The van der Waals surface area contributed by atoms with Gasteiger partial charge in [-0.05, 0) is 69.7 Å². The van der Waals surface area contributed by atoms with E-state index in [2.05, 4.69) is 0 Å². The van der Waals surface area contributed by atoms with Crippen LogP contribution < -0.4 is 16.2 Å². The molecule has 2 aromatic carbocycles. The average molecular weight is 977 g/mol. The van der Waals surface area contributed by atoms with Crippen molar-refractivity contribution >= 4 is 46.5 Å². The highest BCUT2D eigenvalue weighted by Gasteiger charge is 2.70. The second kappa shape index (κ2) is 19.1. The van der Waals surface area contributed by atoms with Crippen LogP contribution in [-0.4, -0.2) is 161 Å². The zero-order valence-corrected chi connectivity index (χ0v) is 38.3. The van der Waals surface area contributed by atoms with Crippen LogP contribution in [0.25, 0.3) is 11.5 Å². The molecule has 2 fully saturated rings. The summed E-state index contributed by atoms with van der Waals surface area (Å²) in [7, 11) is 5.90. The number of nitrogens with two attached hydrogens (primary N) is 2. The highest BCUT2D eigenvalue weighted by Crippen LogP contribution is 2.58. The Morgan fingerprint density at radius 3 is 1.43 bits per heavy atom. The Morgan fingerprint density at radius 1 is 0.657 bits per heavy atom. The van der Waals surface area contributed by atoms with Gasteiger partial charge in [0.25, 0.3) is 11.8 Å². The molecule has 70 heavy (non-hydrogen) atoms. The van der Waals surface area contributed by atoms with Gasteiger partial charge in [-0.2, -0.15) is 0 Å². The van der Waals surface area contributed by atoms with E-state index in [4.69, 9.17) is 16.2 Å². The lowest BCUT2D eigenvalue weighted by molar-refractivity contribution is -0.170. The summed E-state index contributed by atoms with van der Waals surface area (Å²) >= 11 is 0. The van der Waals surface area contributed by atoms with Crippen molar-refractivity contribution in [3.05, 3.63) is 92.5 Å². The number of phenolic OH excluding ortho intramolecular Hbond substituents is 1.